The summed E-state index contributed by atoms with van der Waals surface area (Å²) in [6, 6.07) is 5.01. The predicted molar refractivity (Wildman–Crippen MR) is 70.7 cm³/mol. The highest BCUT2D eigenvalue weighted by molar-refractivity contribution is 9.09. The molecule has 1 heterocycles. The summed E-state index contributed by atoms with van der Waals surface area (Å²) < 4.78 is 0. The van der Waals surface area contributed by atoms with Crippen LogP contribution in [0.5, 0.6) is 5.75 Å². The number of hydrogen-bond donors (Lipinski definition) is 1. The second kappa shape index (κ2) is 5.08. The number of carbonyl (C=O) groups excluding carboxylic acids is 1. The van der Waals surface area contributed by atoms with Crippen LogP contribution in [0.4, 0.5) is 0 Å². The molecule has 0 radical (unpaired) electrons. The van der Waals surface area contributed by atoms with Crippen molar-refractivity contribution in [3.05, 3.63) is 29.3 Å². The third-order valence-electron chi connectivity index (χ3n) is 3.09. The number of phenols is 1. The van der Waals surface area contributed by atoms with Crippen LogP contribution < -0.4 is 0 Å². The predicted octanol–water partition coefficient (Wildman–Crippen LogP) is 2.70. The van der Waals surface area contributed by atoms with Crippen molar-refractivity contribution in [2.45, 2.75) is 24.6 Å². The van der Waals surface area contributed by atoms with Crippen molar-refractivity contribution in [3.63, 3.8) is 0 Å². The average Bonchev–Trinajstić information content (AvgIpc) is 2.32. The zero-order valence-corrected chi connectivity index (χ0v) is 11.4. The molecule has 0 bridgehead atoms. The van der Waals surface area contributed by atoms with E-state index in [1.54, 1.807) is 25.1 Å². The van der Waals surface area contributed by atoms with Crippen LogP contribution >= 0.6 is 15.9 Å². The Bertz CT molecular complexity index is 433. The fraction of sp³-hybridized carbons (Fsp3) is 0.462. The second-order valence-corrected chi connectivity index (χ2v) is 5.79. The van der Waals surface area contributed by atoms with Crippen LogP contribution in [-0.2, 0) is 0 Å². The van der Waals surface area contributed by atoms with Crippen LogP contribution in [-0.4, -0.2) is 33.8 Å². The van der Waals surface area contributed by atoms with Crippen molar-refractivity contribution >= 4 is 21.8 Å². The summed E-state index contributed by atoms with van der Waals surface area (Å²) >= 11 is 3.56. The van der Waals surface area contributed by atoms with Crippen molar-refractivity contribution in [1.29, 1.82) is 0 Å². The summed E-state index contributed by atoms with van der Waals surface area (Å²) in [5.41, 5.74) is 1.39. The van der Waals surface area contributed by atoms with Gasteiger partial charge in [-0.15, -0.1) is 0 Å². The van der Waals surface area contributed by atoms with Gasteiger partial charge in [-0.05, 0) is 43.5 Å². The summed E-state index contributed by atoms with van der Waals surface area (Å²) in [7, 11) is 0. The van der Waals surface area contributed by atoms with Gasteiger partial charge in [0.25, 0.3) is 5.91 Å². The van der Waals surface area contributed by atoms with E-state index in [0.29, 0.717) is 10.4 Å². The van der Waals surface area contributed by atoms with E-state index in [1.807, 2.05) is 4.90 Å². The van der Waals surface area contributed by atoms with Crippen LogP contribution in [0.15, 0.2) is 18.2 Å². The maximum absolute atomic E-state index is 12.2. The van der Waals surface area contributed by atoms with Crippen molar-refractivity contribution in [3.8, 4) is 5.75 Å². The molecule has 1 fully saturated rings. The maximum atomic E-state index is 12.2. The number of aryl methyl sites for hydroxylation is 1. The van der Waals surface area contributed by atoms with E-state index >= 15 is 0 Å². The number of phenolic OH excluding ortho intramolecular Hbond substituents is 1. The number of hydrogen-bond acceptors (Lipinski definition) is 2. The lowest BCUT2D eigenvalue weighted by Crippen LogP contribution is -2.40. The molecule has 1 saturated heterocycles. The van der Waals surface area contributed by atoms with Gasteiger partial charge >= 0.3 is 0 Å². The summed E-state index contributed by atoms with van der Waals surface area (Å²) in [6.07, 6.45) is 2.16. The van der Waals surface area contributed by atoms with E-state index in [-0.39, 0.29) is 11.7 Å². The molecule has 1 unspecified atom stereocenters. The molecule has 4 heteroatoms. The van der Waals surface area contributed by atoms with E-state index in [1.165, 1.54) is 0 Å². The van der Waals surface area contributed by atoms with E-state index in [2.05, 4.69) is 15.9 Å². The number of likely N-dealkylation sites (tertiary alicyclic amines) is 1. The van der Waals surface area contributed by atoms with Crippen LogP contribution in [0.25, 0.3) is 0 Å². The minimum absolute atomic E-state index is 0.0530. The van der Waals surface area contributed by atoms with E-state index in [9.17, 15) is 9.90 Å². The molecular weight excluding hydrogens is 282 g/mol. The van der Waals surface area contributed by atoms with Crippen molar-refractivity contribution in [2.24, 2.45) is 0 Å². The lowest BCUT2D eigenvalue weighted by molar-refractivity contribution is 0.0730. The Hall–Kier alpha value is -1.03. The topological polar surface area (TPSA) is 40.5 Å². The van der Waals surface area contributed by atoms with Crippen LogP contribution in [0, 0.1) is 6.92 Å². The normalized spacial score (nSPS) is 20.4. The monoisotopic (exact) mass is 297 g/mol. The Kier molecular flexibility index (Phi) is 3.72. The Morgan fingerprint density at radius 1 is 1.53 bits per heavy atom. The van der Waals surface area contributed by atoms with Gasteiger partial charge in [0, 0.05) is 23.5 Å². The van der Waals surface area contributed by atoms with Crippen molar-refractivity contribution < 1.29 is 9.90 Å². The molecule has 1 amide bonds. The van der Waals surface area contributed by atoms with Crippen molar-refractivity contribution in [1.82, 2.24) is 4.90 Å². The number of benzene rings is 1. The van der Waals surface area contributed by atoms with Gasteiger partial charge in [-0.1, -0.05) is 15.9 Å². The number of rotatable bonds is 1. The fourth-order valence-corrected chi connectivity index (χ4v) is 2.75. The molecule has 1 N–H and O–H groups in total. The van der Waals surface area contributed by atoms with Gasteiger partial charge in [0.1, 0.15) is 5.75 Å². The quantitative estimate of drug-likeness (QED) is 0.810. The molecule has 0 spiro atoms. The summed E-state index contributed by atoms with van der Waals surface area (Å²) in [5.74, 6) is 0.288. The molecule has 1 atom stereocenters. The minimum Gasteiger partial charge on any atom is -0.508 e. The Balaban J connectivity index is 2.15. The molecule has 1 aromatic rings. The van der Waals surface area contributed by atoms with Gasteiger partial charge in [-0.25, -0.2) is 0 Å². The highest BCUT2D eigenvalue weighted by Gasteiger charge is 2.22. The summed E-state index contributed by atoms with van der Waals surface area (Å²) in [4.78, 5) is 14.5. The lowest BCUT2D eigenvalue weighted by atomic mass is 10.1. The largest absolute Gasteiger partial charge is 0.508 e. The number of nitrogens with zero attached hydrogens (tertiary/aromatic N) is 1. The van der Waals surface area contributed by atoms with Crippen LogP contribution in [0.3, 0.4) is 0 Å². The lowest BCUT2D eigenvalue weighted by Gasteiger charge is -2.30. The first kappa shape index (κ1) is 12.4. The highest BCUT2D eigenvalue weighted by atomic mass is 79.9. The molecule has 1 aliphatic heterocycles. The summed E-state index contributed by atoms with van der Waals surface area (Å²) in [6.45, 7) is 3.38. The number of amides is 1. The molecule has 1 aliphatic rings. The van der Waals surface area contributed by atoms with Gasteiger partial charge in [-0.2, -0.15) is 0 Å². The number of aromatic hydroxyl groups is 1. The zero-order chi connectivity index (χ0) is 12.4. The first-order chi connectivity index (χ1) is 8.08. The molecule has 0 aliphatic carbocycles. The van der Waals surface area contributed by atoms with Gasteiger partial charge in [-0.3, -0.25) is 4.79 Å². The zero-order valence-electron chi connectivity index (χ0n) is 9.82. The maximum Gasteiger partial charge on any atom is 0.253 e. The molecule has 17 heavy (non-hydrogen) atoms. The average molecular weight is 298 g/mol. The number of carbonyl (C=O) groups is 1. The van der Waals surface area contributed by atoms with Gasteiger partial charge in [0.15, 0.2) is 0 Å². The number of halogens is 1. The van der Waals surface area contributed by atoms with Crippen molar-refractivity contribution in [2.75, 3.05) is 13.1 Å². The number of alkyl halides is 1. The fourth-order valence-electron chi connectivity index (χ4n) is 2.08. The third kappa shape index (κ3) is 2.80. The second-order valence-electron chi connectivity index (χ2n) is 4.49. The molecular formula is C13H16BrNO2. The Labute approximate surface area is 110 Å². The van der Waals surface area contributed by atoms with E-state index in [4.69, 9.17) is 0 Å². The SMILES string of the molecule is Cc1cc(C(=O)N2CCCC(Br)C2)ccc1O. The standard InChI is InChI=1S/C13H16BrNO2/c1-9-7-10(4-5-12(9)16)13(17)15-6-2-3-11(14)8-15/h4-5,7,11,16H,2-3,6,8H2,1H3. The Morgan fingerprint density at radius 3 is 2.94 bits per heavy atom. The molecule has 92 valence electrons. The molecule has 0 saturated carbocycles. The molecule has 0 aromatic heterocycles. The van der Waals surface area contributed by atoms with E-state index < -0.39 is 0 Å². The first-order valence-electron chi connectivity index (χ1n) is 5.81. The minimum atomic E-state index is 0.0530. The first-order valence-corrected chi connectivity index (χ1v) is 6.72. The smallest absolute Gasteiger partial charge is 0.253 e. The van der Waals surface area contributed by atoms with Gasteiger partial charge < -0.3 is 10.0 Å². The summed E-state index contributed by atoms with van der Waals surface area (Å²) in [5, 5.41) is 9.45. The molecule has 1 aromatic carbocycles. The van der Waals surface area contributed by atoms with Gasteiger partial charge in [0.05, 0.1) is 0 Å². The third-order valence-corrected chi connectivity index (χ3v) is 3.84. The van der Waals surface area contributed by atoms with Crippen LogP contribution in [0.2, 0.25) is 0 Å². The van der Waals surface area contributed by atoms with E-state index in [0.717, 1.165) is 31.5 Å². The Morgan fingerprint density at radius 2 is 2.29 bits per heavy atom. The molecule has 2 rings (SSSR count). The van der Waals surface area contributed by atoms with Crippen LogP contribution in [0.1, 0.15) is 28.8 Å². The van der Waals surface area contributed by atoms with Gasteiger partial charge in [0.2, 0.25) is 0 Å². The highest BCUT2D eigenvalue weighted by Crippen LogP contribution is 2.21. The molecule has 3 nitrogen and oxygen atoms in total. The number of piperidine rings is 1.